The highest BCUT2D eigenvalue weighted by atomic mass is 32.1. The van der Waals surface area contributed by atoms with Crippen LogP contribution in [0.1, 0.15) is 6.42 Å². The minimum atomic E-state index is 0.672. The van der Waals surface area contributed by atoms with Gasteiger partial charge in [0.05, 0.1) is 7.11 Å². The molecule has 2 aromatic rings. The summed E-state index contributed by atoms with van der Waals surface area (Å²) in [4.78, 5) is 6.53. The highest BCUT2D eigenvalue weighted by Gasteiger charge is 2.11. The summed E-state index contributed by atoms with van der Waals surface area (Å²) in [7, 11) is 1.67. The third kappa shape index (κ3) is 3.00. The molecule has 2 N–H and O–H groups in total. The first-order valence-corrected chi connectivity index (χ1v) is 6.74. The predicted molar refractivity (Wildman–Crippen MR) is 75.8 cm³/mol. The van der Waals surface area contributed by atoms with Gasteiger partial charge in [-0.15, -0.1) is 11.3 Å². The van der Waals surface area contributed by atoms with E-state index in [0.717, 1.165) is 29.5 Å². The van der Waals surface area contributed by atoms with E-state index in [1.807, 2.05) is 29.8 Å². The second-order valence-corrected chi connectivity index (χ2v) is 4.68. The number of hydrogen-bond donors (Lipinski definition) is 1. The SMILES string of the molecule is COc1cccc(N(CCCN)c2nccs2)c1. The molecule has 2 rings (SSSR count). The summed E-state index contributed by atoms with van der Waals surface area (Å²) in [6.45, 7) is 1.53. The molecule has 18 heavy (non-hydrogen) atoms. The van der Waals surface area contributed by atoms with Gasteiger partial charge in [0.1, 0.15) is 5.75 Å². The molecular formula is C13H17N3OS. The highest BCUT2D eigenvalue weighted by Crippen LogP contribution is 2.29. The quantitative estimate of drug-likeness (QED) is 0.870. The molecule has 0 atom stereocenters. The van der Waals surface area contributed by atoms with E-state index in [4.69, 9.17) is 10.5 Å². The second-order valence-electron chi connectivity index (χ2n) is 3.81. The number of anilines is 2. The Labute approximate surface area is 111 Å². The first-order valence-electron chi connectivity index (χ1n) is 5.86. The average molecular weight is 263 g/mol. The summed E-state index contributed by atoms with van der Waals surface area (Å²) in [5.74, 6) is 0.849. The molecular weight excluding hydrogens is 246 g/mol. The Morgan fingerprint density at radius 2 is 2.33 bits per heavy atom. The van der Waals surface area contributed by atoms with Crippen molar-refractivity contribution in [3.63, 3.8) is 0 Å². The molecule has 0 aliphatic heterocycles. The highest BCUT2D eigenvalue weighted by molar-refractivity contribution is 7.13. The predicted octanol–water partition coefficient (Wildman–Crippen LogP) is 2.64. The van der Waals surface area contributed by atoms with E-state index in [0.29, 0.717) is 6.54 Å². The Hall–Kier alpha value is -1.59. The van der Waals surface area contributed by atoms with Crippen LogP contribution in [0, 0.1) is 0 Å². The average Bonchev–Trinajstić information content (AvgIpc) is 2.93. The van der Waals surface area contributed by atoms with Crippen molar-refractivity contribution in [3.8, 4) is 5.75 Å². The first-order chi connectivity index (χ1) is 8.85. The fourth-order valence-electron chi connectivity index (χ4n) is 1.71. The molecule has 0 fully saturated rings. The minimum Gasteiger partial charge on any atom is -0.497 e. The van der Waals surface area contributed by atoms with E-state index in [1.54, 1.807) is 18.4 Å². The molecule has 0 aliphatic rings. The number of benzene rings is 1. The van der Waals surface area contributed by atoms with Crippen molar-refractivity contribution in [2.45, 2.75) is 6.42 Å². The van der Waals surface area contributed by atoms with Crippen LogP contribution in [-0.4, -0.2) is 25.2 Å². The van der Waals surface area contributed by atoms with Crippen molar-refractivity contribution < 1.29 is 4.74 Å². The van der Waals surface area contributed by atoms with E-state index in [-0.39, 0.29) is 0 Å². The maximum Gasteiger partial charge on any atom is 0.189 e. The zero-order chi connectivity index (χ0) is 12.8. The molecule has 1 heterocycles. The Bertz CT molecular complexity index is 473. The smallest absolute Gasteiger partial charge is 0.189 e. The summed E-state index contributed by atoms with van der Waals surface area (Å²) in [5, 5.41) is 2.96. The number of methoxy groups -OCH3 is 1. The molecule has 0 unspecified atom stereocenters. The van der Waals surface area contributed by atoms with Gasteiger partial charge in [0.25, 0.3) is 0 Å². The molecule has 0 bridgehead atoms. The van der Waals surface area contributed by atoms with Gasteiger partial charge < -0.3 is 15.4 Å². The summed E-state index contributed by atoms with van der Waals surface area (Å²) in [6, 6.07) is 7.99. The lowest BCUT2D eigenvalue weighted by Gasteiger charge is -2.22. The van der Waals surface area contributed by atoms with Crippen molar-refractivity contribution >= 4 is 22.2 Å². The van der Waals surface area contributed by atoms with E-state index >= 15 is 0 Å². The van der Waals surface area contributed by atoms with Crippen LogP contribution in [0.5, 0.6) is 5.75 Å². The lowest BCUT2D eigenvalue weighted by molar-refractivity contribution is 0.415. The normalized spacial score (nSPS) is 10.3. The van der Waals surface area contributed by atoms with Crippen molar-refractivity contribution in [2.24, 2.45) is 5.73 Å². The van der Waals surface area contributed by atoms with Gasteiger partial charge in [0.2, 0.25) is 0 Å². The Kier molecular flexibility index (Phi) is 4.55. The lowest BCUT2D eigenvalue weighted by atomic mass is 10.2. The van der Waals surface area contributed by atoms with Gasteiger partial charge in [0, 0.05) is 29.9 Å². The molecule has 1 aromatic heterocycles. The zero-order valence-electron chi connectivity index (χ0n) is 10.4. The number of rotatable bonds is 6. The van der Waals surface area contributed by atoms with Crippen LogP contribution in [0.4, 0.5) is 10.8 Å². The van der Waals surface area contributed by atoms with Crippen molar-refractivity contribution in [1.82, 2.24) is 4.98 Å². The molecule has 96 valence electrons. The molecule has 0 aliphatic carbocycles. The zero-order valence-corrected chi connectivity index (χ0v) is 11.2. The van der Waals surface area contributed by atoms with Crippen molar-refractivity contribution in [2.75, 3.05) is 25.1 Å². The molecule has 0 spiro atoms. The third-order valence-electron chi connectivity index (χ3n) is 2.60. The third-order valence-corrected chi connectivity index (χ3v) is 3.40. The molecule has 4 nitrogen and oxygen atoms in total. The number of nitrogens with zero attached hydrogens (tertiary/aromatic N) is 2. The van der Waals surface area contributed by atoms with Gasteiger partial charge in [-0.05, 0) is 25.1 Å². The minimum absolute atomic E-state index is 0.672. The number of hydrogen-bond acceptors (Lipinski definition) is 5. The maximum atomic E-state index is 5.60. The van der Waals surface area contributed by atoms with Crippen molar-refractivity contribution in [1.29, 1.82) is 0 Å². The van der Waals surface area contributed by atoms with Crippen LogP contribution in [0.25, 0.3) is 0 Å². The standard InChI is InChI=1S/C13H17N3OS/c1-17-12-5-2-4-11(10-12)16(8-3-6-14)13-15-7-9-18-13/h2,4-5,7,9-10H,3,6,8,14H2,1H3. The van der Waals surface area contributed by atoms with Crippen LogP contribution in [0.2, 0.25) is 0 Å². The van der Waals surface area contributed by atoms with Gasteiger partial charge in [-0.2, -0.15) is 0 Å². The summed E-state index contributed by atoms with van der Waals surface area (Å²) in [5.41, 5.74) is 6.68. The largest absolute Gasteiger partial charge is 0.497 e. The molecule has 1 aromatic carbocycles. The number of nitrogens with two attached hydrogens (primary N) is 1. The van der Waals surface area contributed by atoms with E-state index in [9.17, 15) is 0 Å². The van der Waals surface area contributed by atoms with Gasteiger partial charge >= 0.3 is 0 Å². The van der Waals surface area contributed by atoms with E-state index in [2.05, 4.69) is 16.0 Å². The van der Waals surface area contributed by atoms with Gasteiger partial charge in [-0.1, -0.05) is 6.07 Å². The Balaban J connectivity index is 2.27. The fourth-order valence-corrected chi connectivity index (χ4v) is 2.40. The fraction of sp³-hybridized carbons (Fsp3) is 0.308. The van der Waals surface area contributed by atoms with Crippen LogP contribution >= 0.6 is 11.3 Å². The molecule has 5 heteroatoms. The monoisotopic (exact) mass is 263 g/mol. The topological polar surface area (TPSA) is 51.4 Å². The summed E-state index contributed by atoms with van der Waals surface area (Å²) < 4.78 is 5.26. The lowest BCUT2D eigenvalue weighted by Crippen LogP contribution is -2.20. The van der Waals surface area contributed by atoms with Crippen LogP contribution in [0.3, 0.4) is 0 Å². The van der Waals surface area contributed by atoms with Crippen LogP contribution in [0.15, 0.2) is 35.8 Å². The molecule has 0 saturated heterocycles. The summed E-state index contributed by atoms with van der Waals surface area (Å²) >= 11 is 1.62. The van der Waals surface area contributed by atoms with Gasteiger partial charge in [-0.25, -0.2) is 4.98 Å². The molecule has 0 amide bonds. The summed E-state index contributed by atoms with van der Waals surface area (Å²) in [6.07, 6.45) is 2.74. The van der Waals surface area contributed by atoms with E-state index in [1.165, 1.54) is 0 Å². The molecule has 0 radical (unpaired) electrons. The number of ether oxygens (including phenoxy) is 1. The Morgan fingerprint density at radius 3 is 3.00 bits per heavy atom. The maximum absolute atomic E-state index is 5.60. The Morgan fingerprint density at radius 1 is 1.44 bits per heavy atom. The second kappa shape index (κ2) is 6.37. The molecule has 0 saturated carbocycles. The number of thiazole rings is 1. The van der Waals surface area contributed by atoms with Crippen molar-refractivity contribution in [3.05, 3.63) is 35.8 Å². The van der Waals surface area contributed by atoms with E-state index < -0.39 is 0 Å². The van der Waals surface area contributed by atoms with Gasteiger partial charge in [-0.3, -0.25) is 0 Å². The first kappa shape index (κ1) is 12.9. The van der Waals surface area contributed by atoms with Gasteiger partial charge in [0.15, 0.2) is 5.13 Å². The number of aromatic nitrogens is 1. The van der Waals surface area contributed by atoms with Crippen LogP contribution in [-0.2, 0) is 0 Å². The van der Waals surface area contributed by atoms with Crippen LogP contribution < -0.4 is 15.4 Å².